The monoisotopic (exact) mass is 350 g/mol. The second kappa shape index (κ2) is 7.43. The molecule has 2 atom stereocenters. The number of nitrogens with zero attached hydrogens (tertiary/aromatic N) is 3. The van der Waals surface area contributed by atoms with Gasteiger partial charge in [0.2, 0.25) is 0 Å². The number of H-pyrrole nitrogens is 1. The van der Waals surface area contributed by atoms with Crippen LogP contribution in [-0.4, -0.2) is 51.9 Å². The Morgan fingerprint density at radius 2 is 2.24 bits per heavy atom. The molecule has 8 nitrogen and oxygen atoms in total. The minimum absolute atomic E-state index is 0.0285. The lowest BCUT2D eigenvalue weighted by Gasteiger charge is -2.28. The topological polar surface area (TPSA) is 89.5 Å². The summed E-state index contributed by atoms with van der Waals surface area (Å²) >= 11 is 0. The molecule has 1 N–H and O–H groups in total. The number of hydrogen-bond donors (Lipinski definition) is 1. The van der Waals surface area contributed by atoms with Crippen molar-refractivity contribution < 1.29 is 14.3 Å². The molecule has 0 spiro atoms. The molecule has 3 heterocycles. The molecule has 138 valence electrons. The van der Waals surface area contributed by atoms with Crippen LogP contribution in [0, 0.1) is 0 Å². The molecule has 2 aliphatic heterocycles. The van der Waals surface area contributed by atoms with E-state index in [9.17, 15) is 9.59 Å². The zero-order chi connectivity index (χ0) is 18.0. The van der Waals surface area contributed by atoms with Gasteiger partial charge in [0, 0.05) is 33.0 Å². The maximum Gasteiger partial charge on any atom is 0.343 e. The summed E-state index contributed by atoms with van der Waals surface area (Å²) in [6.45, 7) is 5.55. The van der Waals surface area contributed by atoms with Gasteiger partial charge < -0.3 is 14.4 Å². The van der Waals surface area contributed by atoms with E-state index in [0.717, 1.165) is 24.2 Å². The van der Waals surface area contributed by atoms with E-state index >= 15 is 0 Å². The van der Waals surface area contributed by atoms with Gasteiger partial charge in [0.15, 0.2) is 5.82 Å². The average molecular weight is 350 g/mol. The molecule has 0 bridgehead atoms. The molecule has 3 rings (SSSR count). The summed E-state index contributed by atoms with van der Waals surface area (Å²) in [5.74, 6) is 1.35. The summed E-state index contributed by atoms with van der Waals surface area (Å²) in [6.07, 6.45) is 2.83. The van der Waals surface area contributed by atoms with Crippen LogP contribution >= 0.6 is 0 Å². The first-order valence-corrected chi connectivity index (χ1v) is 8.94. The van der Waals surface area contributed by atoms with Crippen LogP contribution < -0.4 is 5.69 Å². The van der Waals surface area contributed by atoms with E-state index < -0.39 is 0 Å². The number of rotatable bonds is 5. The first-order chi connectivity index (χ1) is 12.1. The number of amides is 1. The van der Waals surface area contributed by atoms with Gasteiger partial charge in [-0.1, -0.05) is 6.92 Å². The molecular formula is C17H26N4O4. The van der Waals surface area contributed by atoms with Crippen LogP contribution in [0.3, 0.4) is 0 Å². The molecule has 1 aromatic heterocycles. The fourth-order valence-electron chi connectivity index (χ4n) is 3.71. The highest BCUT2D eigenvalue weighted by atomic mass is 16.5. The minimum atomic E-state index is -0.274. The third kappa shape index (κ3) is 3.22. The van der Waals surface area contributed by atoms with Crippen molar-refractivity contribution >= 4 is 5.91 Å². The van der Waals surface area contributed by atoms with Crippen LogP contribution in [0.4, 0.5) is 0 Å². The SMILES string of the molecule is CCC1=C(C(=O)N2C[C@@H](OC)C[C@H]2c2n[nH]c(=O)n2CC)CCCO1. The number of aromatic amines is 1. The first kappa shape index (κ1) is 17.7. The maximum absolute atomic E-state index is 13.2. The molecule has 0 aromatic carbocycles. The number of ether oxygens (including phenoxy) is 2. The first-order valence-electron chi connectivity index (χ1n) is 8.94. The summed E-state index contributed by atoms with van der Waals surface area (Å²) in [4.78, 5) is 27.0. The molecule has 0 unspecified atom stereocenters. The van der Waals surface area contributed by atoms with Crippen LogP contribution in [0.1, 0.15) is 51.4 Å². The molecule has 25 heavy (non-hydrogen) atoms. The van der Waals surface area contributed by atoms with Crippen LogP contribution in [-0.2, 0) is 20.8 Å². The second-order valence-electron chi connectivity index (χ2n) is 6.41. The molecule has 2 aliphatic rings. The lowest BCUT2D eigenvalue weighted by Crippen LogP contribution is -2.36. The van der Waals surface area contributed by atoms with E-state index in [1.807, 2.05) is 13.8 Å². The van der Waals surface area contributed by atoms with Gasteiger partial charge in [-0.25, -0.2) is 9.89 Å². The van der Waals surface area contributed by atoms with Crippen LogP contribution in [0.25, 0.3) is 0 Å². The van der Waals surface area contributed by atoms with Crippen molar-refractivity contribution in [3.63, 3.8) is 0 Å². The van der Waals surface area contributed by atoms with Crippen LogP contribution in [0.2, 0.25) is 0 Å². The zero-order valence-electron chi connectivity index (χ0n) is 15.1. The number of carbonyl (C=O) groups is 1. The van der Waals surface area contributed by atoms with Gasteiger partial charge in [0.25, 0.3) is 5.91 Å². The number of allylic oxidation sites excluding steroid dienone is 1. The molecule has 0 saturated carbocycles. The number of aromatic nitrogens is 3. The molecule has 0 radical (unpaired) electrons. The Morgan fingerprint density at radius 3 is 2.92 bits per heavy atom. The van der Waals surface area contributed by atoms with Crippen molar-refractivity contribution in [2.24, 2.45) is 0 Å². The predicted molar refractivity (Wildman–Crippen MR) is 90.9 cm³/mol. The Morgan fingerprint density at radius 1 is 1.44 bits per heavy atom. The van der Waals surface area contributed by atoms with Crippen LogP contribution in [0.15, 0.2) is 16.1 Å². The number of hydrogen-bond acceptors (Lipinski definition) is 5. The second-order valence-corrected chi connectivity index (χ2v) is 6.41. The van der Waals surface area contributed by atoms with Gasteiger partial charge in [-0.05, 0) is 19.8 Å². The number of likely N-dealkylation sites (tertiary alicyclic amines) is 1. The fourth-order valence-corrected chi connectivity index (χ4v) is 3.71. The highest BCUT2D eigenvalue weighted by Gasteiger charge is 2.41. The standard InChI is InChI=1S/C17H26N4O4/c1-4-14-12(7-6-8-25-14)16(22)21-10-11(24-3)9-13(21)15-18-19-17(23)20(15)5-2/h11,13H,4-10H2,1-3H3,(H,19,23)/t11-,13-/m0/s1. The van der Waals surface area contributed by atoms with Crippen LogP contribution in [0.5, 0.6) is 0 Å². The summed E-state index contributed by atoms with van der Waals surface area (Å²) in [5.41, 5.74) is 0.497. The minimum Gasteiger partial charge on any atom is -0.497 e. The Balaban J connectivity index is 1.95. The van der Waals surface area contributed by atoms with Crippen molar-refractivity contribution in [2.75, 3.05) is 20.3 Å². The molecule has 8 heteroatoms. The van der Waals surface area contributed by atoms with Gasteiger partial charge in [0.05, 0.1) is 24.3 Å². The van der Waals surface area contributed by atoms with E-state index in [-0.39, 0.29) is 23.7 Å². The lowest BCUT2D eigenvalue weighted by atomic mass is 10.0. The molecule has 1 saturated heterocycles. The molecule has 1 aromatic rings. The smallest absolute Gasteiger partial charge is 0.343 e. The van der Waals surface area contributed by atoms with Gasteiger partial charge >= 0.3 is 5.69 Å². The van der Waals surface area contributed by atoms with E-state index in [0.29, 0.717) is 38.4 Å². The van der Waals surface area contributed by atoms with Crippen molar-refractivity contribution in [1.82, 2.24) is 19.7 Å². The predicted octanol–water partition coefficient (Wildman–Crippen LogP) is 1.35. The quantitative estimate of drug-likeness (QED) is 0.866. The largest absolute Gasteiger partial charge is 0.497 e. The average Bonchev–Trinajstić information content (AvgIpc) is 3.23. The van der Waals surface area contributed by atoms with Gasteiger partial charge in [-0.15, -0.1) is 0 Å². The van der Waals surface area contributed by atoms with Crippen molar-refractivity contribution in [3.05, 3.63) is 27.6 Å². The fraction of sp³-hybridized carbons (Fsp3) is 0.706. The number of methoxy groups -OCH3 is 1. The summed E-state index contributed by atoms with van der Waals surface area (Å²) in [5, 5.41) is 6.68. The molecular weight excluding hydrogens is 324 g/mol. The normalized spacial score (nSPS) is 23.9. The van der Waals surface area contributed by atoms with Crippen molar-refractivity contribution in [3.8, 4) is 0 Å². The lowest BCUT2D eigenvalue weighted by molar-refractivity contribution is -0.129. The molecule has 1 amide bonds. The Bertz CT molecular complexity index is 720. The summed E-state index contributed by atoms with van der Waals surface area (Å²) < 4.78 is 12.8. The number of carbonyl (C=O) groups excluding carboxylic acids is 1. The van der Waals surface area contributed by atoms with Crippen molar-refractivity contribution in [2.45, 2.75) is 58.2 Å². The van der Waals surface area contributed by atoms with Gasteiger partial charge in [-0.2, -0.15) is 5.10 Å². The Kier molecular flexibility index (Phi) is 5.27. The number of nitrogens with one attached hydrogen (secondary N) is 1. The van der Waals surface area contributed by atoms with Crippen molar-refractivity contribution in [1.29, 1.82) is 0 Å². The van der Waals surface area contributed by atoms with E-state index in [1.54, 1.807) is 16.6 Å². The maximum atomic E-state index is 13.2. The molecule has 1 fully saturated rings. The van der Waals surface area contributed by atoms with Gasteiger partial charge in [0.1, 0.15) is 5.76 Å². The Hall–Kier alpha value is -2.09. The van der Waals surface area contributed by atoms with E-state index in [4.69, 9.17) is 9.47 Å². The zero-order valence-corrected chi connectivity index (χ0v) is 15.1. The van der Waals surface area contributed by atoms with E-state index in [1.165, 1.54) is 0 Å². The highest BCUT2D eigenvalue weighted by molar-refractivity contribution is 5.94. The van der Waals surface area contributed by atoms with E-state index in [2.05, 4.69) is 10.2 Å². The third-order valence-corrected chi connectivity index (χ3v) is 5.02. The summed E-state index contributed by atoms with van der Waals surface area (Å²) in [7, 11) is 1.65. The van der Waals surface area contributed by atoms with Gasteiger partial charge in [-0.3, -0.25) is 9.36 Å². The third-order valence-electron chi connectivity index (χ3n) is 5.02. The Labute approximate surface area is 146 Å². The summed E-state index contributed by atoms with van der Waals surface area (Å²) in [6, 6.07) is -0.274. The highest BCUT2D eigenvalue weighted by Crippen LogP contribution is 2.35. The molecule has 0 aliphatic carbocycles.